The van der Waals surface area contributed by atoms with E-state index in [-0.39, 0.29) is 5.69 Å². The number of carbonyl (C=O) groups excluding carboxylic acids is 1. The normalized spacial score (nSPS) is 10.1. The molecule has 0 aliphatic carbocycles. The van der Waals surface area contributed by atoms with E-state index < -0.39 is 5.91 Å². The molecule has 6 heteroatoms. The molecule has 0 unspecified atom stereocenters. The van der Waals surface area contributed by atoms with Crippen LogP contribution in [0, 0.1) is 0 Å². The van der Waals surface area contributed by atoms with Crippen molar-refractivity contribution >= 4 is 11.7 Å². The van der Waals surface area contributed by atoms with E-state index >= 15 is 0 Å². The largest absolute Gasteiger partial charge is 0.364 e. The van der Waals surface area contributed by atoms with Gasteiger partial charge in [0.1, 0.15) is 0 Å². The van der Waals surface area contributed by atoms with Crippen molar-refractivity contribution in [1.82, 2.24) is 15.5 Å². The third-order valence-corrected chi connectivity index (χ3v) is 2.21. The molecule has 6 nitrogen and oxygen atoms in total. The lowest BCUT2D eigenvalue weighted by molar-refractivity contribution is 0.0994. The Kier molecular flexibility index (Phi) is 4.65. The molecule has 88 valence electrons. The predicted molar refractivity (Wildman–Crippen MR) is 62.4 cm³/mol. The first-order chi connectivity index (χ1) is 7.65. The fourth-order valence-electron chi connectivity index (χ4n) is 1.27. The van der Waals surface area contributed by atoms with Gasteiger partial charge in [0, 0.05) is 13.6 Å². The molecule has 1 aromatic heterocycles. The number of primary amides is 1. The van der Waals surface area contributed by atoms with Gasteiger partial charge in [-0.1, -0.05) is 0 Å². The van der Waals surface area contributed by atoms with Gasteiger partial charge in [-0.15, -0.1) is 10.2 Å². The van der Waals surface area contributed by atoms with E-state index in [0.29, 0.717) is 0 Å². The summed E-state index contributed by atoms with van der Waals surface area (Å²) in [4.78, 5) is 12.8. The highest BCUT2D eigenvalue weighted by molar-refractivity contribution is 5.90. The molecule has 3 N–H and O–H groups in total. The van der Waals surface area contributed by atoms with Crippen LogP contribution in [0.4, 0.5) is 5.82 Å². The highest BCUT2D eigenvalue weighted by atomic mass is 16.1. The van der Waals surface area contributed by atoms with E-state index in [1.54, 1.807) is 12.1 Å². The van der Waals surface area contributed by atoms with Crippen LogP contribution in [0.15, 0.2) is 12.1 Å². The van der Waals surface area contributed by atoms with Gasteiger partial charge < -0.3 is 16.0 Å². The van der Waals surface area contributed by atoms with Crippen LogP contribution < -0.4 is 16.0 Å². The van der Waals surface area contributed by atoms with Crippen molar-refractivity contribution in [2.75, 3.05) is 32.1 Å². The molecule has 0 radical (unpaired) electrons. The molecule has 16 heavy (non-hydrogen) atoms. The lowest BCUT2D eigenvalue weighted by Crippen LogP contribution is -2.24. The SMILES string of the molecule is CNCCCN(C)c1ccc(C(N)=O)nn1. The van der Waals surface area contributed by atoms with Crippen molar-refractivity contribution in [2.45, 2.75) is 6.42 Å². The number of hydrogen-bond donors (Lipinski definition) is 2. The van der Waals surface area contributed by atoms with E-state index in [9.17, 15) is 4.79 Å². The van der Waals surface area contributed by atoms with Crippen LogP contribution in [0.2, 0.25) is 0 Å². The van der Waals surface area contributed by atoms with Crippen molar-refractivity contribution in [1.29, 1.82) is 0 Å². The zero-order valence-corrected chi connectivity index (χ0v) is 9.60. The maximum absolute atomic E-state index is 10.8. The van der Waals surface area contributed by atoms with Crippen molar-refractivity contribution in [3.05, 3.63) is 17.8 Å². The maximum atomic E-state index is 10.8. The summed E-state index contributed by atoms with van der Waals surface area (Å²) < 4.78 is 0. The summed E-state index contributed by atoms with van der Waals surface area (Å²) in [6, 6.07) is 3.33. The number of nitrogens with two attached hydrogens (primary N) is 1. The van der Waals surface area contributed by atoms with E-state index in [0.717, 1.165) is 25.3 Å². The Hall–Kier alpha value is -1.69. The lowest BCUT2D eigenvalue weighted by atomic mass is 10.3. The van der Waals surface area contributed by atoms with E-state index in [1.807, 2.05) is 19.0 Å². The minimum absolute atomic E-state index is 0.187. The van der Waals surface area contributed by atoms with Gasteiger partial charge >= 0.3 is 0 Å². The standard InChI is InChI=1S/C10H17N5O/c1-12-6-3-7-15(2)9-5-4-8(10(11)16)13-14-9/h4-5,12H,3,6-7H2,1-2H3,(H2,11,16). The maximum Gasteiger partial charge on any atom is 0.269 e. The first-order valence-corrected chi connectivity index (χ1v) is 5.14. The fourth-order valence-corrected chi connectivity index (χ4v) is 1.27. The Morgan fingerprint density at radius 1 is 1.50 bits per heavy atom. The van der Waals surface area contributed by atoms with Gasteiger partial charge in [-0.25, -0.2) is 0 Å². The summed E-state index contributed by atoms with van der Waals surface area (Å²) in [5.74, 6) is 0.179. The molecule has 1 heterocycles. The van der Waals surface area contributed by atoms with Crippen LogP contribution in [-0.4, -0.2) is 43.3 Å². The minimum Gasteiger partial charge on any atom is -0.364 e. The van der Waals surface area contributed by atoms with Crippen LogP contribution in [0.3, 0.4) is 0 Å². The van der Waals surface area contributed by atoms with Crippen LogP contribution >= 0.6 is 0 Å². The van der Waals surface area contributed by atoms with Gasteiger partial charge in [0.25, 0.3) is 5.91 Å². The first kappa shape index (κ1) is 12.4. The van der Waals surface area contributed by atoms with Gasteiger partial charge in [-0.3, -0.25) is 4.79 Å². The highest BCUT2D eigenvalue weighted by Gasteiger charge is 2.05. The Bertz CT molecular complexity index is 338. The minimum atomic E-state index is -0.558. The van der Waals surface area contributed by atoms with E-state index in [4.69, 9.17) is 5.73 Å². The number of carbonyl (C=O) groups is 1. The Morgan fingerprint density at radius 3 is 2.75 bits per heavy atom. The molecular weight excluding hydrogens is 206 g/mol. The van der Waals surface area contributed by atoms with Crippen molar-refractivity contribution in [3.63, 3.8) is 0 Å². The van der Waals surface area contributed by atoms with E-state index in [1.165, 1.54) is 0 Å². The number of amides is 1. The van der Waals surface area contributed by atoms with E-state index in [2.05, 4.69) is 15.5 Å². The number of nitrogens with zero attached hydrogens (tertiary/aromatic N) is 3. The molecule has 0 aliphatic heterocycles. The summed E-state index contributed by atoms with van der Waals surface area (Å²) in [5.41, 5.74) is 5.26. The average molecular weight is 223 g/mol. The summed E-state index contributed by atoms with van der Waals surface area (Å²) in [6.45, 7) is 1.84. The predicted octanol–water partition coefficient (Wildman–Crippen LogP) is -0.379. The summed E-state index contributed by atoms with van der Waals surface area (Å²) in [7, 11) is 3.85. The van der Waals surface area contributed by atoms with Gasteiger partial charge in [-0.2, -0.15) is 0 Å². The molecule has 0 atom stereocenters. The quantitative estimate of drug-likeness (QED) is 0.642. The molecule has 1 aromatic rings. The van der Waals surface area contributed by atoms with Crippen LogP contribution in [0.25, 0.3) is 0 Å². The van der Waals surface area contributed by atoms with Crippen molar-refractivity contribution in [3.8, 4) is 0 Å². The molecule has 0 bridgehead atoms. The smallest absolute Gasteiger partial charge is 0.269 e. The van der Waals surface area contributed by atoms with Crippen molar-refractivity contribution < 1.29 is 4.79 Å². The highest BCUT2D eigenvalue weighted by Crippen LogP contribution is 2.07. The summed E-state index contributed by atoms with van der Waals surface area (Å²) >= 11 is 0. The second-order valence-corrected chi connectivity index (χ2v) is 3.52. The number of anilines is 1. The Morgan fingerprint density at radius 2 is 2.25 bits per heavy atom. The monoisotopic (exact) mass is 223 g/mol. The molecule has 0 saturated carbocycles. The topological polar surface area (TPSA) is 84.1 Å². The Labute approximate surface area is 94.8 Å². The van der Waals surface area contributed by atoms with Gasteiger partial charge in [0.05, 0.1) is 0 Å². The molecule has 1 rings (SSSR count). The zero-order valence-electron chi connectivity index (χ0n) is 9.60. The number of hydrogen-bond acceptors (Lipinski definition) is 5. The van der Waals surface area contributed by atoms with Gasteiger partial charge in [0.15, 0.2) is 11.5 Å². The fraction of sp³-hybridized carbons (Fsp3) is 0.500. The van der Waals surface area contributed by atoms with Gasteiger partial charge in [-0.05, 0) is 32.1 Å². The molecule has 0 saturated heterocycles. The third-order valence-electron chi connectivity index (χ3n) is 2.21. The molecule has 0 aliphatic rings. The lowest BCUT2D eigenvalue weighted by Gasteiger charge is -2.17. The summed E-state index contributed by atoms with van der Waals surface area (Å²) in [6.07, 6.45) is 1.02. The third kappa shape index (κ3) is 3.47. The second-order valence-electron chi connectivity index (χ2n) is 3.52. The van der Waals surface area contributed by atoms with Crippen LogP contribution in [-0.2, 0) is 0 Å². The van der Waals surface area contributed by atoms with Crippen LogP contribution in [0.1, 0.15) is 16.9 Å². The number of aromatic nitrogens is 2. The molecule has 1 amide bonds. The summed E-state index contributed by atoms with van der Waals surface area (Å²) in [5, 5.41) is 10.8. The molecule has 0 spiro atoms. The number of rotatable bonds is 6. The second kappa shape index (κ2) is 6.02. The molecular formula is C10H17N5O. The van der Waals surface area contributed by atoms with Crippen LogP contribution in [0.5, 0.6) is 0 Å². The molecule has 0 aromatic carbocycles. The molecule has 0 fully saturated rings. The average Bonchev–Trinajstić information content (AvgIpc) is 2.29. The Balaban J connectivity index is 2.56. The zero-order chi connectivity index (χ0) is 12.0. The van der Waals surface area contributed by atoms with Crippen molar-refractivity contribution in [2.24, 2.45) is 5.73 Å². The number of nitrogens with one attached hydrogen (secondary N) is 1. The van der Waals surface area contributed by atoms with Gasteiger partial charge in [0.2, 0.25) is 0 Å². The first-order valence-electron chi connectivity index (χ1n) is 5.14.